The molecule has 0 aliphatic rings. The molecular weight excluding hydrogens is 502 g/mol. The number of aliphatic carboxylic acids is 6. The second-order valence-electron chi connectivity index (χ2n) is 5.12. The fourth-order valence-corrected chi connectivity index (χ4v) is 1.41. The topological polar surface area (TPSA) is 345 Å². The third-order valence-electron chi connectivity index (χ3n) is 2.56. The molecule has 0 aliphatic heterocycles. The Morgan fingerprint density at radius 1 is 0.588 bits per heavy atom. The molecule has 0 bridgehead atoms. The normalized spacial score (nSPS) is 9.00. The first-order valence-corrected chi connectivity index (χ1v) is 7.29. The Hall–Kier alpha value is -2.32. The van der Waals surface area contributed by atoms with E-state index in [2.05, 4.69) is 0 Å². The van der Waals surface area contributed by atoms with E-state index >= 15 is 0 Å². The molecule has 0 aromatic rings. The van der Waals surface area contributed by atoms with Crippen molar-refractivity contribution in [3.8, 4) is 0 Å². The minimum atomic E-state index is -2.86. The van der Waals surface area contributed by atoms with Gasteiger partial charge in [0.2, 0.25) is 0 Å². The van der Waals surface area contributed by atoms with E-state index in [1.54, 1.807) is 0 Å². The van der Waals surface area contributed by atoms with Gasteiger partial charge in [-0.25, -0.2) is 9.59 Å². The predicted octanol–water partition coefficient (Wildman–Crippen LogP) is -11.8. The summed E-state index contributed by atoms with van der Waals surface area (Å²) in [5.41, 5.74) is -5.60. The maximum atomic E-state index is 10.3. The Morgan fingerprint density at radius 2 is 0.765 bits per heavy atom. The van der Waals surface area contributed by atoms with Gasteiger partial charge >= 0.3 is 83.0 Å². The summed E-state index contributed by atoms with van der Waals surface area (Å²) in [6, 6.07) is 0. The van der Waals surface area contributed by atoms with Crippen molar-refractivity contribution in [3.05, 3.63) is 0 Å². The van der Waals surface area contributed by atoms with Crippen molar-refractivity contribution >= 4 is 48.8 Å². The number of hydrogen-bond acceptors (Lipinski definition) is 12. The zero-order chi connectivity index (χ0) is 26.7. The van der Waals surface area contributed by atoms with Crippen molar-refractivity contribution < 1.29 is 149 Å². The Morgan fingerprint density at radius 3 is 0.882 bits per heavy atom. The van der Waals surface area contributed by atoms with Gasteiger partial charge in [0.05, 0.1) is 12.8 Å². The van der Waals surface area contributed by atoms with E-state index < -0.39 is 72.7 Å². The second-order valence-corrected chi connectivity index (χ2v) is 5.12. The molecule has 0 fully saturated rings. The van der Waals surface area contributed by atoms with Crippen molar-refractivity contribution in [2.45, 2.75) is 36.9 Å². The first kappa shape index (κ1) is 45.2. The number of carboxylic acid groups (broad SMARTS) is 8. The van der Waals surface area contributed by atoms with Gasteiger partial charge in [0, 0.05) is 24.8 Å². The van der Waals surface area contributed by atoms with Gasteiger partial charge in [0.15, 0.2) is 11.2 Å². The minimum Gasteiger partial charge on any atom is -0.550 e. The van der Waals surface area contributed by atoms with Gasteiger partial charge in [-0.15, -0.1) is 0 Å². The van der Waals surface area contributed by atoms with Gasteiger partial charge in [-0.1, -0.05) is 0 Å². The molecule has 0 radical (unpaired) electrons. The smallest absolute Gasteiger partial charge is 0.550 e. The molecule has 0 aromatic carbocycles. The number of carboxylic acids is 6. The van der Waals surface area contributed by atoms with Crippen LogP contribution < -0.4 is 69.3 Å². The summed E-state index contributed by atoms with van der Waals surface area (Å²) in [5.74, 6) is -10.7. The standard InChI is InChI=1S/2C6H8O7.2CH2O2.2Na/c2*7-3(8)1-6(13,5(11)12)2-4(9)10;2*2-1-3;;/h2*13H,1-2H2,(H,7,8)(H,9,10)(H,11,12);2*1H,(H,2,3);;/q;;;;2*+1/p-2. The maximum absolute atomic E-state index is 10.3. The second kappa shape index (κ2) is 23.8. The van der Waals surface area contributed by atoms with Crippen molar-refractivity contribution in [1.82, 2.24) is 0 Å². The fraction of sp³-hybridized carbons (Fsp3) is 0.429. The third-order valence-corrected chi connectivity index (χ3v) is 2.56. The summed E-state index contributed by atoms with van der Waals surface area (Å²) in [7, 11) is 0. The van der Waals surface area contributed by atoms with Crippen molar-refractivity contribution in [1.29, 1.82) is 0 Å². The molecule has 18 nitrogen and oxygen atoms in total. The molecule has 0 aliphatic carbocycles. The van der Waals surface area contributed by atoms with E-state index in [0.717, 1.165) is 0 Å². The molecule has 0 heterocycles. The van der Waals surface area contributed by atoms with Crippen LogP contribution in [0.25, 0.3) is 0 Å². The quantitative estimate of drug-likeness (QED) is 0.0978. The molecule has 0 rings (SSSR count). The van der Waals surface area contributed by atoms with Crippen LogP contribution in [0.1, 0.15) is 25.7 Å². The average molecular weight is 520 g/mol. The van der Waals surface area contributed by atoms with Crippen LogP contribution in [0.4, 0.5) is 0 Å². The number of carbonyl (C=O) groups excluding carboxylic acids is 2. The Bertz CT molecular complexity index is 600. The monoisotopic (exact) mass is 520 g/mol. The van der Waals surface area contributed by atoms with Crippen LogP contribution >= 0.6 is 0 Å². The van der Waals surface area contributed by atoms with E-state index in [1.165, 1.54) is 0 Å². The van der Waals surface area contributed by atoms with E-state index in [4.69, 9.17) is 50.4 Å². The maximum Gasteiger partial charge on any atom is 1.00 e. The minimum absolute atomic E-state index is 0. The average Bonchev–Trinajstić information content (AvgIpc) is 2.53. The van der Waals surface area contributed by atoms with Crippen LogP contribution in [0.3, 0.4) is 0 Å². The van der Waals surface area contributed by atoms with Crippen LogP contribution in [0, 0.1) is 0 Å². The zero-order valence-corrected chi connectivity index (χ0v) is 21.6. The molecule has 8 N–H and O–H groups in total. The SMILES string of the molecule is O=C(O)CC(O)(CC(=O)O)C(=O)O.O=C([O-])CC(O)(CC(=O)[O-])C(=O)O.O=CO.O=CO.[Na+].[Na+]. The Kier molecular flexibility index (Phi) is 31.7. The number of hydrogen-bond donors (Lipinski definition) is 8. The van der Waals surface area contributed by atoms with Crippen LogP contribution in [-0.2, 0) is 38.4 Å². The molecular formula is C14H18Na2O18. The van der Waals surface area contributed by atoms with Gasteiger partial charge in [0.1, 0.15) is 0 Å². The summed E-state index contributed by atoms with van der Waals surface area (Å²) in [5, 5.41) is 84.8. The van der Waals surface area contributed by atoms with E-state index in [9.17, 15) is 39.0 Å². The fourth-order valence-electron chi connectivity index (χ4n) is 1.41. The molecule has 0 unspecified atom stereocenters. The Labute approximate surface area is 233 Å². The van der Waals surface area contributed by atoms with Gasteiger partial charge in [-0.3, -0.25) is 19.2 Å². The molecule has 34 heavy (non-hydrogen) atoms. The van der Waals surface area contributed by atoms with E-state index in [1.807, 2.05) is 0 Å². The molecule has 20 heteroatoms. The number of aliphatic hydroxyl groups is 2. The third kappa shape index (κ3) is 27.7. The molecule has 0 spiro atoms. The van der Waals surface area contributed by atoms with Crippen LogP contribution in [-0.4, -0.2) is 101 Å². The van der Waals surface area contributed by atoms with Gasteiger partial charge in [-0.2, -0.15) is 0 Å². The number of carbonyl (C=O) groups is 8. The van der Waals surface area contributed by atoms with Gasteiger partial charge in [0.25, 0.3) is 12.9 Å². The number of rotatable bonds is 10. The largest absolute Gasteiger partial charge is 1.00 e. The Balaban J connectivity index is -0.0000000890. The molecule has 0 atom stereocenters. The van der Waals surface area contributed by atoms with E-state index in [-0.39, 0.29) is 72.1 Å². The predicted molar refractivity (Wildman–Crippen MR) is 86.3 cm³/mol. The summed E-state index contributed by atoms with van der Waals surface area (Å²) in [4.78, 5) is 77.4. The molecule has 0 saturated heterocycles. The summed E-state index contributed by atoms with van der Waals surface area (Å²) >= 11 is 0. The van der Waals surface area contributed by atoms with Crippen LogP contribution in [0.5, 0.6) is 0 Å². The van der Waals surface area contributed by atoms with Crippen molar-refractivity contribution in [2.24, 2.45) is 0 Å². The van der Waals surface area contributed by atoms with Gasteiger partial charge < -0.3 is 60.7 Å². The summed E-state index contributed by atoms with van der Waals surface area (Å²) in [6.45, 7) is -0.500. The first-order chi connectivity index (χ1) is 14.4. The molecule has 0 amide bonds. The first-order valence-electron chi connectivity index (χ1n) is 7.29. The van der Waals surface area contributed by atoms with Crippen molar-refractivity contribution in [2.75, 3.05) is 0 Å². The van der Waals surface area contributed by atoms with Crippen LogP contribution in [0.2, 0.25) is 0 Å². The summed E-state index contributed by atoms with van der Waals surface area (Å²) < 4.78 is 0. The molecule has 0 aromatic heterocycles. The summed E-state index contributed by atoms with van der Waals surface area (Å²) in [6.07, 6.45) is -4.88. The van der Waals surface area contributed by atoms with E-state index in [0.29, 0.717) is 0 Å². The molecule has 184 valence electrons. The van der Waals surface area contributed by atoms with Gasteiger partial charge in [-0.05, 0) is 0 Å². The molecule has 0 saturated carbocycles. The van der Waals surface area contributed by atoms with Crippen molar-refractivity contribution in [3.63, 3.8) is 0 Å². The van der Waals surface area contributed by atoms with Crippen LogP contribution in [0.15, 0.2) is 0 Å². The zero-order valence-electron chi connectivity index (χ0n) is 17.6.